The maximum atomic E-state index is 15.5. The van der Waals surface area contributed by atoms with E-state index in [1.54, 1.807) is 7.11 Å². The van der Waals surface area contributed by atoms with Crippen molar-refractivity contribution in [1.82, 2.24) is 25.4 Å². The van der Waals surface area contributed by atoms with Gasteiger partial charge in [-0.25, -0.2) is 13.2 Å². The minimum Gasteiger partial charge on any atom is -0.496 e. The summed E-state index contributed by atoms with van der Waals surface area (Å²) in [5, 5.41) is 5.99. The van der Waals surface area contributed by atoms with Gasteiger partial charge in [-0.15, -0.1) is 0 Å². The van der Waals surface area contributed by atoms with Crippen LogP contribution in [0, 0.1) is 11.7 Å². The number of piperidine rings is 1. The Balaban J connectivity index is 0.00000220. The Bertz CT molecular complexity index is 2300. The first-order chi connectivity index (χ1) is 29.0. The topological polar surface area (TPSA) is 122 Å². The summed E-state index contributed by atoms with van der Waals surface area (Å²) >= 11 is 0. The first-order valence-electron chi connectivity index (χ1n) is 21.2. The Morgan fingerprint density at radius 2 is 1.87 bits per heavy atom. The molecular formula is C45H58F3N7O5. The molecule has 3 saturated heterocycles. The van der Waals surface area contributed by atoms with Crippen molar-refractivity contribution in [3.05, 3.63) is 82.8 Å². The molecule has 3 N–H and O–H groups in total. The van der Waals surface area contributed by atoms with Gasteiger partial charge in [0.2, 0.25) is 11.8 Å². The zero-order valence-corrected chi connectivity index (χ0v) is 34.0. The number of fused-ring (bicyclic) bond motifs is 6. The third kappa shape index (κ3) is 7.77. The average molecular weight is 834 g/mol. The smallest absolute Gasteiger partial charge is 0.255 e. The van der Waals surface area contributed by atoms with Crippen molar-refractivity contribution in [3.8, 4) is 11.5 Å². The van der Waals surface area contributed by atoms with Crippen LogP contribution in [-0.2, 0) is 16.0 Å². The largest absolute Gasteiger partial charge is 0.496 e. The number of ether oxygens (including phenoxy) is 2. The number of aromatic amines is 1. The molecule has 5 aliphatic rings. The maximum absolute atomic E-state index is 15.5. The van der Waals surface area contributed by atoms with Crippen molar-refractivity contribution in [2.45, 2.75) is 76.0 Å². The summed E-state index contributed by atoms with van der Waals surface area (Å²) in [5.74, 6) is -0.755. The maximum Gasteiger partial charge on any atom is 0.255 e. The second-order valence-electron chi connectivity index (χ2n) is 17.0. The highest BCUT2D eigenvalue weighted by molar-refractivity contribution is 6.03. The van der Waals surface area contributed by atoms with E-state index in [1.807, 2.05) is 30.0 Å². The predicted molar refractivity (Wildman–Crippen MR) is 228 cm³/mol. The van der Waals surface area contributed by atoms with Crippen LogP contribution in [-0.4, -0.2) is 117 Å². The van der Waals surface area contributed by atoms with Crippen LogP contribution in [0.25, 0.3) is 10.9 Å². The second kappa shape index (κ2) is 16.6. The number of piperazine rings is 1. The van der Waals surface area contributed by atoms with Gasteiger partial charge in [0.15, 0.2) is 0 Å². The van der Waals surface area contributed by atoms with Crippen molar-refractivity contribution in [2.75, 3.05) is 69.3 Å². The van der Waals surface area contributed by atoms with E-state index in [0.717, 1.165) is 73.4 Å². The van der Waals surface area contributed by atoms with Crippen LogP contribution in [0.3, 0.4) is 0 Å². The lowest BCUT2D eigenvalue weighted by molar-refractivity contribution is -0.130. The van der Waals surface area contributed by atoms with E-state index >= 15 is 4.39 Å². The van der Waals surface area contributed by atoms with E-state index in [1.165, 1.54) is 17.7 Å². The third-order valence-corrected chi connectivity index (χ3v) is 13.3. The molecule has 15 heteroatoms. The van der Waals surface area contributed by atoms with Gasteiger partial charge in [0.1, 0.15) is 30.0 Å². The van der Waals surface area contributed by atoms with Crippen LogP contribution in [0.1, 0.15) is 76.5 Å². The summed E-state index contributed by atoms with van der Waals surface area (Å²) in [4.78, 5) is 49.6. The highest BCUT2D eigenvalue weighted by Crippen LogP contribution is 2.45. The SMILES string of the molecule is COc1cc(N2CCC(CN3CCN4c5cc(F)c(C(=O)N[C@H]6CCCC(=O)NC6=O)cc5OC[C@@H]4C3)CC2)ccc1[C@@H]1c2[nH]c3ccccc3c2C[C@@H](C)N1CC(F)F.[HH].[HH].[HH]. The van der Waals surface area contributed by atoms with Gasteiger partial charge in [0.25, 0.3) is 12.3 Å². The number of para-hydroxylation sites is 1. The molecule has 9 rings (SSSR count). The molecule has 0 unspecified atom stereocenters. The van der Waals surface area contributed by atoms with E-state index in [-0.39, 0.29) is 40.8 Å². The number of anilines is 2. The monoisotopic (exact) mass is 833 g/mol. The number of imide groups is 1. The molecule has 1 aromatic heterocycles. The molecule has 0 saturated carbocycles. The first kappa shape index (κ1) is 40.1. The Labute approximate surface area is 351 Å². The number of hydrogen-bond acceptors (Lipinski definition) is 9. The average Bonchev–Trinajstić information content (AvgIpc) is 3.52. The molecule has 0 spiro atoms. The van der Waals surface area contributed by atoms with Gasteiger partial charge in [-0.3, -0.25) is 29.5 Å². The molecule has 324 valence electrons. The molecular weight excluding hydrogens is 776 g/mol. The van der Waals surface area contributed by atoms with Crippen LogP contribution < -0.4 is 29.9 Å². The van der Waals surface area contributed by atoms with Crippen LogP contribution in [0.15, 0.2) is 54.6 Å². The highest BCUT2D eigenvalue weighted by Gasteiger charge is 2.39. The third-order valence-electron chi connectivity index (χ3n) is 13.3. The molecule has 0 aliphatic carbocycles. The number of rotatable bonds is 9. The highest BCUT2D eigenvalue weighted by atomic mass is 19.3. The van der Waals surface area contributed by atoms with Crippen LogP contribution in [0.5, 0.6) is 11.5 Å². The standard InChI is InChI=1S/C45H52F3N7O5.3H2/c1-26-18-32-30-6-3-4-7-35(30)49-42(32)43(55(26)24-40(47)48)31-11-10-28(19-38(31)59-2)53-14-12-27(13-15-53)22-52-16-17-54-29(23-52)25-60-39-20-33(34(46)21-37(39)54)44(57)50-36-8-5-9-41(56)51-45(36)58;;;/h3-4,6-7,10-11,19-21,26-27,29,36,40,43,49H,5,8-9,12-18,22-25H2,1-2H3,(H,50,57)(H,51,56,58);3*1H/t26-,29+,36+,43-;;;/m1.../s1. The molecule has 12 nitrogen and oxygen atoms in total. The molecule has 4 aromatic rings. The lowest BCUT2D eigenvalue weighted by Gasteiger charge is -2.47. The van der Waals surface area contributed by atoms with Crippen LogP contribution in [0.2, 0.25) is 0 Å². The number of aromatic nitrogens is 1. The van der Waals surface area contributed by atoms with Crippen LogP contribution in [0.4, 0.5) is 24.5 Å². The van der Waals surface area contributed by atoms with Gasteiger partial charge in [-0.1, -0.05) is 24.3 Å². The number of hydrogen-bond donors (Lipinski definition) is 3. The van der Waals surface area contributed by atoms with Crippen molar-refractivity contribution in [1.29, 1.82) is 0 Å². The molecule has 4 atom stereocenters. The van der Waals surface area contributed by atoms with Crippen molar-refractivity contribution in [3.63, 3.8) is 0 Å². The summed E-state index contributed by atoms with van der Waals surface area (Å²) in [6.45, 7) is 7.11. The minimum atomic E-state index is -2.47. The van der Waals surface area contributed by atoms with Crippen molar-refractivity contribution >= 4 is 40.0 Å². The molecule has 6 heterocycles. The van der Waals surface area contributed by atoms with E-state index in [2.05, 4.69) is 54.6 Å². The van der Waals surface area contributed by atoms with Gasteiger partial charge in [0.05, 0.1) is 37.0 Å². The Hall–Kier alpha value is -5.28. The zero-order valence-electron chi connectivity index (χ0n) is 34.0. The number of H-pyrrole nitrogens is 1. The lowest BCUT2D eigenvalue weighted by atomic mass is 9.88. The van der Waals surface area contributed by atoms with E-state index in [4.69, 9.17) is 9.47 Å². The summed E-state index contributed by atoms with van der Waals surface area (Å²) in [6.07, 6.45) is 1.19. The number of methoxy groups -OCH3 is 1. The zero-order chi connectivity index (χ0) is 41.7. The van der Waals surface area contributed by atoms with E-state index in [9.17, 15) is 23.2 Å². The number of alkyl halides is 2. The van der Waals surface area contributed by atoms with Gasteiger partial charge >= 0.3 is 0 Å². The second-order valence-corrected chi connectivity index (χ2v) is 17.0. The van der Waals surface area contributed by atoms with Crippen LogP contribution >= 0.6 is 0 Å². The fraction of sp³-hybridized carbons (Fsp3) is 0.489. The molecule has 5 aliphatic heterocycles. The Morgan fingerprint density at radius 3 is 2.67 bits per heavy atom. The van der Waals surface area contributed by atoms with Gasteiger partial charge in [-0.05, 0) is 68.7 Å². The Kier molecular flexibility index (Phi) is 11.1. The molecule has 0 radical (unpaired) electrons. The normalized spacial score (nSPS) is 24.0. The number of amides is 3. The lowest BCUT2D eigenvalue weighted by Crippen LogP contribution is -2.58. The number of benzene rings is 3. The number of halogens is 3. The predicted octanol–water partition coefficient (Wildman–Crippen LogP) is 6.38. The minimum absolute atomic E-state index is 0. The summed E-state index contributed by atoms with van der Waals surface area (Å²) < 4.78 is 55.7. The fourth-order valence-corrected chi connectivity index (χ4v) is 10.2. The molecule has 0 bridgehead atoms. The van der Waals surface area contributed by atoms with E-state index in [0.29, 0.717) is 55.5 Å². The molecule has 3 aromatic carbocycles. The summed E-state index contributed by atoms with van der Waals surface area (Å²) in [5.41, 5.74) is 5.49. The summed E-state index contributed by atoms with van der Waals surface area (Å²) in [7, 11) is 1.65. The fourth-order valence-electron chi connectivity index (χ4n) is 10.2. The van der Waals surface area contributed by atoms with E-state index < -0.39 is 36.1 Å². The number of carbonyl (C=O) groups excluding carboxylic acids is 3. The van der Waals surface area contributed by atoms with Crippen molar-refractivity contribution < 1.29 is 41.3 Å². The van der Waals surface area contributed by atoms with Gasteiger partial charge in [0, 0.05) is 96.0 Å². The number of nitrogens with one attached hydrogen (secondary N) is 3. The van der Waals surface area contributed by atoms with Crippen molar-refractivity contribution in [2.24, 2.45) is 5.92 Å². The first-order valence-corrected chi connectivity index (χ1v) is 21.2. The number of carbonyl (C=O) groups is 3. The number of nitrogens with zero attached hydrogens (tertiary/aromatic N) is 4. The molecule has 3 amide bonds. The Morgan fingerprint density at radius 1 is 1.05 bits per heavy atom. The van der Waals surface area contributed by atoms with Gasteiger partial charge < -0.3 is 29.6 Å². The quantitative estimate of drug-likeness (QED) is 0.165. The molecule has 3 fully saturated rings. The summed E-state index contributed by atoms with van der Waals surface area (Å²) in [6, 6.07) is 15.8. The van der Waals surface area contributed by atoms with Gasteiger partial charge in [-0.2, -0.15) is 0 Å². The molecule has 60 heavy (non-hydrogen) atoms.